The first-order valence-electron chi connectivity index (χ1n) is 7.18. The highest BCUT2D eigenvalue weighted by Gasteiger charge is 2.34. The van der Waals surface area contributed by atoms with Crippen LogP contribution in [0, 0.1) is 5.92 Å². The summed E-state index contributed by atoms with van der Waals surface area (Å²) in [5.74, 6) is 0.379. The van der Waals surface area contributed by atoms with E-state index in [1.54, 1.807) is 6.07 Å². The first-order valence-corrected chi connectivity index (χ1v) is 7.98. The van der Waals surface area contributed by atoms with E-state index in [2.05, 4.69) is 26.0 Å². The van der Waals surface area contributed by atoms with Crippen LogP contribution < -0.4 is 0 Å². The van der Waals surface area contributed by atoms with Crippen molar-refractivity contribution in [3.63, 3.8) is 0 Å². The van der Waals surface area contributed by atoms with Crippen LogP contribution in [0.25, 0.3) is 0 Å². The van der Waals surface area contributed by atoms with Crippen molar-refractivity contribution in [1.29, 1.82) is 0 Å². The van der Waals surface area contributed by atoms with E-state index in [9.17, 15) is 13.2 Å². The van der Waals surface area contributed by atoms with E-state index in [0.29, 0.717) is 18.0 Å². The van der Waals surface area contributed by atoms with E-state index in [1.807, 2.05) is 0 Å². The molecule has 1 aromatic carbocycles. The first kappa shape index (κ1) is 15.8. The number of benzene rings is 1. The monoisotopic (exact) mass is 376 g/mol. The van der Waals surface area contributed by atoms with Crippen LogP contribution in [0.1, 0.15) is 24.0 Å². The van der Waals surface area contributed by atoms with Gasteiger partial charge in [0.15, 0.2) is 0 Å². The van der Waals surface area contributed by atoms with Crippen LogP contribution in [-0.2, 0) is 17.6 Å². The predicted molar refractivity (Wildman–Crippen MR) is 80.7 cm³/mol. The van der Waals surface area contributed by atoms with E-state index in [0.717, 1.165) is 36.6 Å². The zero-order valence-corrected chi connectivity index (χ0v) is 13.4. The molecule has 1 saturated heterocycles. The van der Waals surface area contributed by atoms with E-state index in [4.69, 9.17) is 4.84 Å². The maximum absolute atomic E-state index is 12.7. The molecule has 3 rings (SSSR count). The molecule has 0 spiro atoms. The summed E-state index contributed by atoms with van der Waals surface area (Å²) in [6, 6.07) is 5.56. The van der Waals surface area contributed by atoms with Gasteiger partial charge in [-0.1, -0.05) is 23.4 Å². The lowest BCUT2D eigenvalue weighted by atomic mass is 10.00. The van der Waals surface area contributed by atoms with E-state index >= 15 is 0 Å². The fourth-order valence-corrected chi connectivity index (χ4v) is 3.43. The lowest BCUT2D eigenvalue weighted by molar-refractivity contribution is -0.137. The van der Waals surface area contributed by atoms with Crippen molar-refractivity contribution in [2.75, 3.05) is 13.1 Å². The molecule has 2 heterocycles. The molecule has 0 aromatic heterocycles. The Bertz CT molecular complexity index is 576. The summed E-state index contributed by atoms with van der Waals surface area (Å²) in [4.78, 5) is 7.55. The molecule has 0 amide bonds. The van der Waals surface area contributed by atoms with Crippen molar-refractivity contribution in [1.82, 2.24) is 4.90 Å². The Labute approximate surface area is 135 Å². The minimum atomic E-state index is -4.29. The lowest BCUT2D eigenvalue weighted by Gasteiger charge is -2.19. The van der Waals surface area contributed by atoms with Crippen LogP contribution in [0.4, 0.5) is 13.2 Å². The van der Waals surface area contributed by atoms with Crippen LogP contribution >= 0.6 is 15.9 Å². The zero-order valence-electron chi connectivity index (χ0n) is 11.8. The van der Waals surface area contributed by atoms with Crippen molar-refractivity contribution in [2.24, 2.45) is 11.1 Å². The quantitative estimate of drug-likeness (QED) is 0.795. The molecular formula is C15H16BrF3N2O. The van der Waals surface area contributed by atoms with E-state index < -0.39 is 11.7 Å². The molecule has 2 atom stereocenters. The lowest BCUT2D eigenvalue weighted by Crippen LogP contribution is -2.25. The molecule has 1 fully saturated rings. The average Bonchev–Trinajstić information content (AvgIpc) is 3.07. The topological polar surface area (TPSA) is 24.8 Å². The summed E-state index contributed by atoms with van der Waals surface area (Å²) in [5, 5.41) is 3.90. The van der Waals surface area contributed by atoms with Crippen molar-refractivity contribution in [2.45, 2.75) is 31.7 Å². The Kier molecular flexibility index (Phi) is 4.45. The molecule has 0 radical (unpaired) electrons. The number of hydrogen-bond acceptors (Lipinski definition) is 3. The maximum Gasteiger partial charge on any atom is 0.416 e. The molecule has 0 aliphatic carbocycles. The fraction of sp³-hybridized carbons (Fsp3) is 0.533. The van der Waals surface area contributed by atoms with Crippen molar-refractivity contribution < 1.29 is 18.0 Å². The number of rotatable bonds is 3. The van der Waals surface area contributed by atoms with Gasteiger partial charge < -0.3 is 4.84 Å². The molecule has 1 unspecified atom stereocenters. The van der Waals surface area contributed by atoms with Crippen LogP contribution in [-0.4, -0.2) is 28.7 Å². The number of likely N-dealkylation sites (tertiary alicyclic amines) is 1. The van der Waals surface area contributed by atoms with Gasteiger partial charge in [-0.05, 0) is 40.5 Å². The normalized spacial score (nSPS) is 26.1. The highest BCUT2D eigenvalue weighted by Crippen LogP contribution is 2.31. The second kappa shape index (κ2) is 6.20. The smallest absolute Gasteiger partial charge is 0.391 e. The molecule has 1 aromatic rings. The van der Waals surface area contributed by atoms with Gasteiger partial charge in [-0.3, -0.25) is 4.90 Å². The SMILES string of the molecule is FC(F)(F)c1cccc(CN2CCC([C@H]3CC(Br)=NO3)C2)c1. The zero-order chi connectivity index (χ0) is 15.7. The summed E-state index contributed by atoms with van der Waals surface area (Å²) >= 11 is 3.33. The highest BCUT2D eigenvalue weighted by atomic mass is 79.9. The number of nitrogens with zero attached hydrogens (tertiary/aromatic N) is 2. The molecular weight excluding hydrogens is 361 g/mol. The third kappa shape index (κ3) is 3.63. The Morgan fingerprint density at radius 3 is 2.86 bits per heavy atom. The second-order valence-electron chi connectivity index (χ2n) is 5.80. The Morgan fingerprint density at radius 1 is 1.36 bits per heavy atom. The third-order valence-corrected chi connectivity index (χ3v) is 4.62. The summed E-state index contributed by atoms with van der Waals surface area (Å²) in [7, 11) is 0. The van der Waals surface area contributed by atoms with Gasteiger partial charge in [0.2, 0.25) is 0 Å². The minimum absolute atomic E-state index is 0.0842. The van der Waals surface area contributed by atoms with Crippen molar-refractivity contribution >= 4 is 20.6 Å². The predicted octanol–water partition coefficient (Wildman–Crippen LogP) is 4.02. The van der Waals surface area contributed by atoms with E-state index in [-0.39, 0.29) is 6.10 Å². The summed E-state index contributed by atoms with van der Waals surface area (Å²) in [5.41, 5.74) is 0.109. The molecule has 2 aliphatic heterocycles. The maximum atomic E-state index is 12.7. The number of alkyl halides is 3. The van der Waals surface area contributed by atoms with Gasteiger partial charge in [0.1, 0.15) is 10.7 Å². The fourth-order valence-electron chi connectivity index (χ4n) is 3.03. The molecule has 0 saturated carbocycles. The molecule has 22 heavy (non-hydrogen) atoms. The minimum Gasteiger partial charge on any atom is -0.391 e. The van der Waals surface area contributed by atoms with Gasteiger partial charge in [-0.2, -0.15) is 13.2 Å². The number of hydrogen-bond donors (Lipinski definition) is 0. The summed E-state index contributed by atoms with van der Waals surface area (Å²) < 4.78 is 39.0. The van der Waals surface area contributed by atoms with Crippen LogP contribution in [0.15, 0.2) is 29.4 Å². The largest absolute Gasteiger partial charge is 0.416 e. The number of halogens is 4. The van der Waals surface area contributed by atoms with Gasteiger partial charge >= 0.3 is 6.18 Å². The molecule has 120 valence electrons. The average molecular weight is 377 g/mol. The van der Waals surface area contributed by atoms with Gasteiger partial charge in [0.05, 0.1) is 5.56 Å². The van der Waals surface area contributed by atoms with E-state index in [1.165, 1.54) is 12.1 Å². The van der Waals surface area contributed by atoms with Crippen LogP contribution in [0.3, 0.4) is 0 Å². The van der Waals surface area contributed by atoms with Gasteiger partial charge in [0, 0.05) is 25.4 Å². The van der Waals surface area contributed by atoms with Crippen molar-refractivity contribution in [3.05, 3.63) is 35.4 Å². The van der Waals surface area contributed by atoms with Gasteiger partial charge in [-0.25, -0.2) is 0 Å². The Morgan fingerprint density at radius 2 is 2.18 bits per heavy atom. The summed E-state index contributed by atoms with van der Waals surface area (Å²) in [6.07, 6.45) is -2.44. The van der Waals surface area contributed by atoms with Gasteiger partial charge in [-0.15, -0.1) is 0 Å². The molecule has 0 N–H and O–H groups in total. The first-order chi connectivity index (χ1) is 10.4. The molecule has 3 nitrogen and oxygen atoms in total. The van der Waals surface area contributed by atoms with Gasteiger partial charge in [0.25, 0.3) is 0 Å². The Hall–Kier alpha value is -1.08. The van der Waals surface area contributed by atoms with Crippen LogP contribution in [0.2, 0.25) is 0 Å². The molecule has 2 aliphatic rings. The molecule has 7 heteroatoms. The standard InChI is InChI=1S/C15H16BrF3N2O/c16-14-7-13(22-20-14)11-4-5-21(9-11)8-10-2-1-3-12(6-10)15(17,18)19/h1-3,6,11,13H,4-5,7-9H2/t11?,13-/m1/s1. The third-order valence-electron chi connectivity index (χ3n) is 4.15. The number of oxime groups is 1. The Balaban J connectivity index is 1.58. The van der Waals surface area contributed by atoms with Crippen LogP contribution in [0.5, 0.6) is 0 Å². The van der Waals surface area contributed by atoms with Crippen molar-refractivity contribution in [3.8, 4) is 0 Å². The molecule has 0 bridgehead atoms. The summed E-state index contributed by atoms with van der Waals surface area (Å²) in [6.45, 7) is 2.24. The highest BCUT2D eigenvalue weighted by molar-refractivity contribution is 9.18. The second-order valence-corrected chi connectivity index (χ2v) is 6.71.